The third-order valence-electron chi connectivity index (χ3n) is 6.43. The van der Waals surface area contributed by atoms with Crippen LogP contribution in [0.5, 0.6) is 0 Å². The minimum atomic E-state index is -0.247. The first-order valence-electron chi connectivity index (χ1n) is 10.9. The number of nitriles is 1. The van der Waals surface area contributed by atoms with Gasteiger partial charge in [-0.1, -0.05) is 42.5 Å². The average molecular weight is 417 g/mol. The number of hydrogen-bond acceptors (Lipinski definition) is 4. The zero-order valence-corrected chi connectivity index (χ0v) is 17.9. The molecule has 0 aliphatic carbocycles. The van der Waals surface area contributed by atoms with Crippen LogP contribution in [0.3, 0.4) is 0 Å². The van der Waals surface area contributed by atoms with Crippen LogP contribution in [-0.4, -0.2) is 59.2 Å². The van der Waals surface area contributed by atoms with Gasteiger partial charge in [0.15, 0.2) is 0 Å². The first-order valence-corrected chi connectivity index (χ1v) is 10.9. The maximum Gasteiger partial charge on any atom is 0.228 e. The van der Waals surface area contributed by atoms with Crippen LogP contribution in [0, 0.1) is 17.2 Å². The number of rotatable bonds is 5. The molecule has 160 valence electrons. The van der Waals surface area contributed by atoms with Crippen molar-refractivity contribution in [2.45, 2.75) is 25.9 Å². The van der Waals surface area contributed by atoms with Gasteiger partial charge in [0.05, 0.1) is 23.6 Å². The predicted molar refractivity (Wildman–Crippen MR) is 118 cm³/mol. The molecule has 2 amide bonds. The van der Waals surface area contributed by atoms with Gasteiger partial charge < -0.3 is 9.80 Å². The van der Waals surface area contributed by atoms with E-state index in [1.807, 2.05) is 71.3 Å². The molecule has 0 N–H and O–H groups in total. The van der Waals surface area contributed by atoms with Gasteiger partial charge in [-0.3, -0.25) is 14.5 Å². The van der Waals surface area contributed by atoms with E-state index in [0.29, 0.717) is 31.6 Å². The van der Waals surface area contributed by atoms with Crippen LogP contribution in [-0.2, 0) is 16.1 Å². The second-order valence-corrected chi connectivity index (χ2v) is 8.44. The smallest absolute Gasteiger partial charge is 0.228 e. The maximum atomic E-state index is 13.1. The Bertz CT molecular complexity index is 959. The number of carbonyl (C=O) groups excluding carboxylic acids is 2. The number of amides is 2. The second kappa shape index (κ2) is 9.32. The minimum Gasteiger partial charge on any atom is -0.340 e. The zero-order chi connectivity index (χ0) is 21.8. The number of piperazine rings is 1. The summed E-state index contributed by atoms with van der Waals surface area (Å²) in [6.07, 6.45) is 0.307. The molecule has 0 bridgehead atoms. The van der Waals surface area contributed by atoms with Crippen molar-refractivity contribution in [3.8, 4) is 6.07 Å². The van der Waals surface area contributed by atoms with Crippen molar-refractivity contribution in [1.29, 1.82) is 5.26 Å². The average Bonchev–Trinajstić information content (AvgIpc) is 3.21. The number of carbonyl (C=O) groups is 2. The molecular weight excluding hydrogens is 388 g/mol. The Kier molecular flexibility index (Phi) is 6.34. The summed E-state index contributed by atoms with van der Waals surface area (Å²) in [6, 6.07) is 19.8. The van der Waals surface area contributed by atoms with Gasteiger partial charge in [-0.2, -0.15) is 5.26 Å². The van der Waals surface area contributed by atoms with E-state index in [1.54, 1.807) is 0 Å². The van der Waals surface area contributed by atoms with Gasteiger partial charge in [-0.25, -0.2) is 0 Å². The second-order valence-electron chi connectivity index (χ2n) is 8.44. The van der Waals surface area contributed by atoms with Gasteiger partial charge in [-0.15, -0.1) is 0 Å². The molecule has 0 radical (unpaired) electrons. The van der Waals surface area contributed by atoms with Crippen molar-refractivity contribution < 1.29 is 9.59 Å². The van der Waals surface area contributed by atoms with Crippen LogP contribution >= 0.6 is 0 Å². The van der Waals surface area contributed by atoms with Crippen molar-refractivity contribution in [3.05, 3.63) is 71.3 Å². The van der Waals surface area contributed by atoms with Crippen molar-refractivity contribution in [2.75, 3.05) is 32.7 Å². The van der Waals surface area contributed by atoms with E-state index in [1.165, 1.54) is 5.56 Å². The normalized spacial score (nSPS) is 20.5. The maximum absolute atomic E-state index is 13.1. The van der Waals surface area contributed by atoms with Crippen molar-refractivity contribution in [3.63, 3.8) is 0 Å². The lowest BCUT2D eigenvalue weighted by Gasteiger charge is -2.36. The highest BCUT2D eigenvalue weighted by atomic mass is 16.2. The van der Waals surface area contributed by atoms with Crippen LogP contribution in [0.2, 0.25) is 0 Å². The largest absolute Gasteiger partial charge is 0.340 e. The molecule has 31 heavy (non-hydrogen) atoms. The van der Waals surface area contributed by atoms with Crippen LogP contribution in [0.15, 0.2) is 54.6 Å². The summed E-state index contributed by atoms with van der Waals surface area (Å²) in [4.78, 5) is 31.8. The summed E-state index contributed by atoms with van der Waals surface area (Å²) in [7, 11) is 0. The van der Waals surface area contributed by atoms with Crippen LogP contribution in [0.25, 0.3) is 0 Å². The summed E-state index contributed by atoms with van der Waals surface area (Å²) in [5.41, 5.74) is 2.94. The summed E-state index contributed by atoms with van der Waals surface area (Å²) in [5, 5.41) is 8.92. The summed E-state index contributed by atoms with van der Waals surface area (Å²) >= 11 is 0. The zero-order valence-electron chi connectivity index (χ0n) is 17.9. The topological polar surface area (TPSA) is 67.7 Å². The highest BCUT2D eigenvalue weighted by Crippen LogP contribution is 2.29. The SMILES string of the molecule is C[C@H](c1ccccc1)N1C[C@H](C(=O)N2CCN(Cc3ccc(C#N)cc3)CC2)CC1=O. The fraction of sp³-hybridized carbons (Fsp3) is 0.400. The summed E-state index contributed by atoms with van der Waals surface area (Å²) in [6.45, 7) is 6.36. The highest BCUT2D eigenvalue weighted by molar-refractivity contribution is 5.89. The Labute approximate surface area is 183 Å². The molecule has 2 aliphatic rings. The van der Waals surface area contributed by atoms with Gasteiger partial charge in [0, 0.05) is 45.7 Å². The molecule has 6 nitrogen and oxygen atoms in total. The number of nitrogens with zero attached hydrogens (tertiary/aromatic N) is 4. The Balaban J connectivity index is 1.29. The van der Waals surface area contributed by atoms with E-state index in [-0.39, 0.29) is 23.8 Å². The molecular formula is C25H28N4O2. The van der Waals surface area contributed by atoms with E-state index >= 15 is 0 Å². The third kappa shape index (κ3) is 4.78. The Hall–Kier alpha value is -3.17. The van der Waals surface area contributed by atoms with Gasteiger partial charge in [0.2, 0.25) is 11.8 Å². The Morgan fingerprint density at radius 1 is 1.06 bits per heavy atom. The monoisotopic (exact) mass is 416 g/mol. The molecule has 0 spiro atoms. The lowest BCUT2D eigenvalue weighted by molar-refractivity contribution is -0.137. The van der Waals surface area contributed by atoms with E-state index in [9.17, 15) is 9.59 Å². The van der Waals surface area contributed by atoms with E-state index < -0.39 is 0 Å². The Morgan fingerprint density at radius 2 is 1.74 bits per heavy atom. The molecule has 2 aliphatic heterocycles. The lowest BCUT2D eigenvalue weighted by atomic mass is 10.1. The standard InChI is InChI=1S/C25H28N4O2/c1-19(22-5-3-2-4-6-22)29-18-23(15-24(29)30)25(31)28-13-11-27(12-14-28)17-21-9-7-20(16-26)8-10-21/h2-10,19,23H,11-15,17-18H2,1H3/t19-,23-/m1/s1. The summed E-state index contributed by atoms with van der Waals surface area (Å²) in [5.74, 6) is -0.0768. The molecule has 0 unspecified atom stereocenters. The van der Waals surface area contributed by atoms with Crippen molar-refractivity contribution >= 4 is 11.8 Å². The molecule has 2 aromatic carbocycles. The molecule has 2 atom stereocenters. The number of benzene rings is 2. The van der Waals surface area contributed by atoms with Crippen molar-refractivity contribution in [1.82, 2.24) is 14.7 Å². The first kappa shape index (κ1) is 21.1. The quantitative estimate of drug-likeness (QED) is 0.752. The van der Waals surface area contributed by atoms with Gasteiger partial charge in [0.25, 0.3) is 0 Å². The van der Waals surface area contributed by atoms with E-state index in [4.69, 9.17) is 5.26 Å². The third-order valence-corrected chi connectivity index (χ3v) is 6.43. The summed E-state index contributed by atoms with van der Waals surface area (Å²) < 4.78 is 0. The minimum absolute atomic E-state index is 0.0178. The van der Waals surface area contributed by atoms with Crippen LogP contribution in [0.4, 0.5) is 0 Å². The van der Waals surface area contributed by atoms with Crippen LogP contribution < -0.4 is 0 Å². The Morgan fingerprint density at radius 3 is 2.39 bits per heavy atom. The number of hydrogen-bond donors (Lipinski definition) is 0. The van der Waals surface area contributed by atoms with Gasteiger partial charge in [0.1, 0.15) is 0 Å². The van der Waals surface area contributed by atoms with Gasteiger partial charge >= 0.3 is 0 Å². The highest BCUT2D eigenvalue weighted by Gasteiger charge is 2.39. The predicted octanol–water partition coefficient (Wildman–Crippen LogP) is 2.81. The van der Waals surface area contributed by atoms with Crippen molar-refractivity contribution in [2.24, 2.45) is 5.92 Å². The fourth-order valence-corrected chi connectivity index (χ4v) is 4.51. The van der Waals surface area contributed by atoms with E-state index in [0.717, 1.165) is 25.2 Å². The molecule has 0 saturated carbocycles. The first-order chi connectivity index (χ1) is 15.0. The molecule has 4 rings (SSSR count). The fourth-order valence-electron chi connectivity index (χ4n) is 4.51. The van der Waals surface area contributed by atoms with Crippen LogP contribution in [0.1, 0.15) is 36.1 Å². The number of likely N-dealkylation sites (tertiary alicyclic amines) is 1. The molecule has 2 saturated heterocycles. The molecule has 6 heteroatoms. The molecule has 2 fully saturated rings. The lowest BCUT2D eigenvalue weighted by Crippen LogP contribution is -2.50. The van der Waals surface area contributed by atoms with E-state index in [2.05, 4.69) is 11.0 Å². The molecule has 2 heterocycles. The molecule has 2 aromatic rings. The molecule has 0 aromatic heterocycles. The van der Waals surface area contributed by atoms with Gasteiger partial charge in [-0.05, 0) is 30.2 Å².